The lowest BCUT2D eigenvalue weighted by atomic mass is 10.2. The second-order valence-corrected chi connectivity index (χ2v) is 4.87. The molecule has 6 heteroatoms. The zero-order chi connectivity index (χ0) is 14.5. The monoisotopic (exact) mass is 311 g/mol. The molecular formula is C14H11Cl2NO3. The Kier molecular flexibility index (Phi) is 4.82. The Balaban J connectivity index is 2.11. The maximum atomic E-state index is 11.2. The number of carbonyl (C=O) groups is 1. The number of halogens is 2. The van der Waals surface area contributed by atoms with Gasteiger partial charge in [0.15, 0.2) is 5.75 Å². The van der Waals surface area contributed by atoms with Gasteiger partial charge in [0, 0.05) is 23.8 Å². The molecule has 0 aliphatic heterocycles. The van der Waals surface area contributed by atoms with Gasteiger partial charge in [0.1, 0.15) is 5.56 Å². The third kappa shape index (κ3) is 3.62. The third-order valence-electron chi connectivity index (χ3n) is 2.63. The van der Waals surface area contributed by atoms with Crippen molar-refractivity contribution in [3.05, 3.63) is 57.8 Å². The van der Waals surface area contributed by atoms with Crippen LogP contribution in [0.15, 0.2) is 36.7 Å². The van der Waals surface area contributed by atoms with Crippen LogP contribution in [0.4, 0.5) is 0 Å². The number of carboxylic acid groups (broad SMARTS) is 1. The summed E-state index contributed by atoms with van der Waals surface area (Å²) in [5, 5.41) is 9.57. The molecule has 20 heavy (non-hydrogen) atoms. The average molecular weight is 312 g/mol. The summed E-state index contributed by atoms with van der Waals surface area (Å²) in [7, 11) is 0. The van der Waals surface area contributed by atoms with Gasteiger partial charge in [0.05, 0.1) is 11.6 Å². The summed E-state index contributed by atoms with van der Waals surface area (Å²) in [5.74, 6) is -0.995. The van der Waals surface area contributed by atoms with Crippen LogP contribution in [0.25, 0.3) is 0 Å². The van der Waals surface area contributed by atoms with Gasteiger partial charge in [-0.15, -0.1) is 0 Å². The van der Waals surface area contributed by atoms with Gasteiger partial charge in [-0.1, -0.05) is 23.2 Å². The van der Waals surface area contributed by atoms with Crippen molar-refractivity contribution >= 4 is 29.2 Å². The summed E-state index contributed by atoms with van der Waals surface area (Å²) in [4.78, 5) is 15.1. The molecule has 4 nitrogen and oxygen atoms in total. The van der Waals surface area contributed by atoms with Crippen LogP contribution in [0, 0.1) is 0 Å². The minimum absolute atomic E-state index is 0.0442. The third-order valence-corrected chi connectivity index (χ3v) is 3.12. The minimum Gasteiger partial charge on any atom is -0.491 e. The molecule has 2 aromatic rings. The van der Waals surface area contributed by atoms with E-state index in [0.29, 0.717) is 13.0 Å². The van der Waals surface area contributed by atoms with Gasteiger partial charge in [-0.2, -0.15) is 0 Å². The van der Waals surface area contributed by atoms with Gasteiger partial charge in [-0.3, -0.25) is 4.98 Å². The molecule has 0 aliphatic carbocycles. The average Bonchev–Trinajstić information content (AvgIpc) is 2.41. The van der Waals surface area contributed by atoms with Crippen molar-refractivity contribution in [1.82, 2.24) is 4.98 Å². The molecule has 2 rings (SSSR count). The van der Waals surface area contributed by atoms with Gasteiger partial charge in [0.25, 0.3) is 0 Å². The molecule has 0 unspecified atom stereocenters. The Morgan fingerprint density at radius 1 is 1.25 bits per heavy atom. The number of rotatable bonds is 5. The molecule has 1 heterocycles. The first kappa shape index (κ1) is 14.6. The number of aromatic carboxylic acids is 1. The molecule has 0 atom stereocenters. The van der Waals surface area contributed by atoms with E-state index in [1.165, 1.54) is 12.1 Å². The molecule has 0 radical (unpaired) electrons. The fraction of sp³-hybridized carbons (Fsp3) is 0.143. The number of benzene rings is 1. The van der Waals surface area contributed by atoms with Gasteiger partial charge >= 0.3 is 5.97 Å². The second-order valence-electron chi connectivity index (χ2n) is 4.02. The van der Waals surface area contributed by atoms with Gasteiger partial charge in [0.2, 0.25) is 0 Å². The van der Waals surface area contributed by atoms with Crippen molar-refractivity contribution < 1.29 is 14.6 Å². The summed E-state index contributed by atoms with van der Waals surface area (Å²) in [5.41, 5.74) is 0.999. The highest BCUT2D eigenvalue weighted by molar-refractivity contribution is 6.36. The van der Waals surface area contributed by atoms with Crippen molar-refractivity contribution in [2.75, 3.05) is 6.61 Å². The minimum atomic E-state index is -1.13. The first-order valence-corrected chi connectivity index (χ1v) is 6.57. The molecule has 0 aliphatic rings. The molecular weight excluding hydrogens is 301 g/mol. The van der Waals surface area contributed by atoms with Crippen molar-refractivity contribution in [2.24, 2.45) is 0 Å². The first-order chi connectivity index (χ1) is 9.58. The second kappa shape index (κ2) is 6.59. The van der Waals surface area contributed by atoms with Crippen LogP contribution in [0.2, 0.25) is 10.0 Å². The number of ether oxygens (including phenoxy) is 1. The van der Waals surface area contributed by atoms with E-state index < -0.39 is 5.97 Å². The molecule has 0 spiro atoms. The summed E-state index contributed by atoms with van der Waals surface area (Å²) < 4.78 is 5.50. The molecule has 1 aromatic carbocycles. The Hall–Kier alpha value is -1.78. The quantitative estimate of drug-likeness (QED) is 0.914. The van der Waals surface area contributed by atoms with E-state index in [2.05, 4.69) is 4.98 Å². The number of hydrogen-bond donors (Lipinski definition) is 1. The number of hydrogen-bond acceptors (Lipinski definition) is 3. The van der Waals surface area contributed by atoms with Crippen LogP contribution < -0.4 is 4.74 Å². The number of nitrogens with zero attached hydrogens (tertiary/aromatic N) is 1. The molecule has 0 amide bonds. The predicted molar refractivity (Wildman–Crippen MR) is 76.9 cm³/mol. The van der Waals surface area contributed by atoms with Crippen LogP contribution in [0.1, 0.15) is 15.9 Å². The standard InChI is InChI=1S/C14H11Cl2NO3/c15-10-7-11(14(18)19)13(12(16)8-10)20-6-3-9-1-4-17-5-2-9/h1-2,4-5,7-8H,3,6H2,(H,18,19). The van der Waals surface area contributed by atoms with Crippen LogP contribution in [0.3, 0.4) is 0 Å². The summed E-state index contributed by atoms with van der Waals surface area (Å²) >= 11 is 11.8. The normalized spacial score (nSPS) is 10.3. The van der Waals surface area contributed by atoms with E-state index in [-0.39, 0.29) is 21.4 Å². The Morgan fingerprint density at radius 3 is 2.60 bits per heavy atom. The molecule has 0 bridgehead atoms. The Labute approximate surface area is 125 Å². The highest BCUT2D eigenvalue weighted by atomic mass is 35.5. The first-order valence-electron chi connectivity index (χ1n) is 5.82. The fourth-order valence-corrected chi connectivity index (χ4v) is 2.23. The van der Waals surface area contributed by atoms with Crippen LogP contribution in [-0.4, -0.2) is 22.7 Å². The van der Waals surface area contributed by atoms with Gasteiger partial charge in [-0.05, 0) is 29.8 Å². The van der Waals surface area contributed by atoms with Crippen molar-refractivity contribution in [3.63, 3.8) is 0 Å². The summed E-state index contributed by atoms with van der Waals surface area (Å²) in [6.07, 6.45) is 4.00. The lowest BCUT2D eigenvalue weighted by Gasteiger charge is -2.11. The van der Waals surface area contributed by atoms with Crippen molar-refractivity contribution in [3.8, 4) is 5.75 Å². The summed E-state index contributed by atoms with van der Waals surface area (Å²) in [6.45, 7) is 0.311. The van der Waals surface area contributed by atoms with Crippen LogP contribution in [0.5, 0.6) is 5.75 Å². The van der Waals surface area contributed by atoms with E-state index >= 15 is 0 Å². The largest absolute Gasteiger partial charge is 0.491 e. The molecule has 104 valence electrons. The van der Waals surface area contributed by atoms with E-state index in [0.717, 1.165) is 5.56 Å². The van der Waals surface area contributed by atoms with E-state index in [1.807, 2.05) is 12.1 Å². The zero-order valence-electron chi connectivity index (χ0n) is 10.3. The fourth-order valence-electron chi connectivity index (χ4n) is 1.69. The van der Waals surface area contributed by atoms with E-state index in [9.17, 15) is 4.79 Å². The van der Waals surface area contributed by atoms with Gasteiger partial charge in [-0.25, -0.2) is 4.79 Å². The maximum absolute atomic E-state index is 11.2. The molecule has 1 N–H and O–H groups in total. The molecule has 0 saturated heterocycles. The zero-order valence-corrected chi connectivity index (χ0v) is 11.9. The molecule has 0 saturated carbocycles. The van der Waals surface area contributed by atoms with E-state index in [4.69, 9.17) is 33.0 Å². The smallest absolute Gasteiger partial charge is 0.339 e. The molecule has 0 fully saturated rings. The van der Waals surface area contributed by atoms with Gasteiger partial charge < -0.3 is 9.84 Å². The van der Waals surface area contributed by atoms with Crippen LogP contribution in [-0.2, 0) is 6.42 Å². The van der Waals surface area contributed by atoms with Crippen LogP contribution >= 0.6 is 23.2 Å². The lowest BCUT2D eigenvalue weighted by Crippen LogP contribution is -2.07. The van der Waals surface area contributed by atoms with Crippen molar-refractivity contribution in [2.45, 2.75) is 6.42 Å². The van der Waals surface area contributed by atoms with Crippen molar-refractivity contribution in [1.29, 1.82) is 0 Å². The lowest BCUT2D eigenvalue weighted by molar-refractivity contribution is 0.0692. The Morgan fingerprint density at radius 2 is 1.95 bits per heavy atom. The maximum Gasteiger partial charge on any atom is 0.339 e. The SMILES string of the molecule is O=C(O)c1cc(Cl)cc(Cl)c1OCCc1ccncc1. The number of carboxylic acids is 1. The predicted octanol–water partition coefficient (Wildman–Crippen LogP) is 3.71. The number of aromatic nitrogens is 1. The highest BCUT2D eigenvalue weighted by Gasteiger charge is 2.16. The topological polar surface area (TPSA) is 59.4 Å². The number of pyridine rings is 1. The molecule has 1 aromatic heterocycles. The highest BCUT2D eigenvalue weighted by Crippen LogP contribution is 2.32. The summed E-state index contributed by atoms with van der Waals surface area (Å²) in [6, 6.07) is 6.50. The van der Waals surface area contributed by atoms with E-state index in [1.54, 1.807) is 12.4 Å². The Bertz CT molecular complexity index is 617.